The Morgan fingerprint density at radius 1 is 1.21 bits per heavy atom. The highest BCUT2D eigenvalue weighted by molar-refractivity contribution is 5.93. The molecule has 1 atom stereocenters. The highest BCUT2D eigenvalue weighted by Gasteiger charge is 2.24. The van der Waals surface area contributed by atoms with E-state index in [4.69, 9.17) is 0 Å². The molecule has 0 unspecified atom stereocenters. The third-order valence-corrected chi connectivity index (χ3v) is 4.93. The second-order valence-electron chi connectivity index (χ2n) is 6.89. The van der Waals surface area contributed by atoms with Crippen molar-refractivity contribution in [1.29, 1.82) is 0 Å². The van der Waals surface area contributed by atoms with Gasteiger partial charge in [0.05, 0.1) is 6.54 Å². The Balaban J connectivity index is 1.68. The molecule has 3 rings (SSSR count). The Kier molecular flexibility index (Phi) is 5.00. The molecule has 2 aromatic rings. The number of fused-ring (bicyclic) bond motifs is 1. The molecule has 0 aliphatic heterocycles. The van der Waals surface area contributed by atoms with Crippen molar-refractivity contribution in [3.63, 3.8) is 0 Å². The van der Waals surface area contributed by atoms with E-state index in [0.29, 0.717) is 12.6 Å². The van der Waals surface area contributed by atoms with Crippen LogP contribution in [0.5, 0.6) is 0 Å². The first-order valence-corrected chi connectivity index (χ1v) is 8.70. The molecule has 0 fully saturated rings. The predicted molar refractivity (Wildman–Crippen MR) is 99.3 cm³/mol. The van der Waals surface area contributed by atoms with E-state index in [1.54, 1.807) is 0 Å². The van der Waals surface area contributed by atoms with Gasteiger partial charge in [0, 0.05) is 11.7 Å². The van der Waals surface area contributed by atoms with Gasteiger partial charge in [-0.05, 0) is 68.5 Å². The maximum absolute atomic E-state index is 12.5. The lowest BCUT2D eigenvalue weighted by atomic mass is 9.87. The largest absolute Gasteiger partial charge is 0.325 e. The lowest BCUT2D eigenvalue weighted by molar-refractivity contribution is -0.117. The van der Waals surface area contributed by atoms with Gasteiger partial charge >= 0.3 is 0 Å². The van der Waals surface area contributed by atoms with Crippen molar-refractivity contribution >= 4 is 11.6 Å². The molecule has 3 nitrogen and oxygen atoms in total. The maximum Gasteiger partial charge on any atom is 0.238 e. The second kappa shape index (κ2) is 7.18. The Hall–Kier alpha value is -2.13. The van der Waals surface area contributed by atoms with Crippen molar-refractivity contribution in [2.45, 2.75) is 39.2 Å². The van der Waals surface area contributed by atoms with E-state index in [1.807, 2.05) is 26.0 Å². The van der Waals surface area contributed by atoms with E-state index in [-0.39, 0.29) is 5.91 Å². The number of nitrogens with zero attached hydrogens (tertiary/aromatic N) is 1. The summed E-state index contributed by atoms with van der Waals surface area (Å²) in [4.78, 5) is 14.7. The van der Waals surface area contributed by atoms with Gasteiger partial charge in [0.1, 0.15) is 0 Å². The fourth-order valence-corrected chi connectivity index (χ4v) is 3.58. The van der Waals surface area contributed by atoms with Crippen LogP contribution in [-0.4, -0.2) is 24.4 Å². The van der Waals surface area contributed by atoms with Crippen LogP contribution < -0.4 is 5.32 Å². The van der Waals surface area contributed by atoms with Crippen LogP contribution in [0.15, 0.2) is 42.5 Å². The molecular weight excluding hydrogens is 296 g/mol. The molecule has 0 radical (unpaired) electrons. The van der Waals surface area contributed by atoms with E-state index < -0.39 is 0 Å². The fraction of sp³-hybridized carbons (Fsp3) is 0.381. The number of nitrogens with one attached hydrogen (secondary N) is 1. The molecule has 0 saturated carbocycles. The minimum atomic E-state index is 0.0502. The number of aryl methyl sites for hydroxylation is 3. The van der Waals surface area contributed by atoms with Crippen molar-refractivity contribution < 1.29 is 4.79 Å². The fourth-order valence-electron chi connectivity index (χ4n) is 3.58. The molecule has 126 valence electrons. The molecule has 1 aliphatic carbocycles. The normalized spacial score (nSPS) is 16.8. The van der Waals surface area contributed by atoms with E-state index in [1.165, 1.54) is 17.5 Å². The Bertz CT molecular complexity index is 738. The zero-order valence-electron chi connectivity index (χ0n) is 14.8. The standard InChI is InChI=1S/C21H26N2O/c1-15-11-12-16(2)19(13-15)22-21(24)14-23(3)20-10-6-8-17-7-4-5-9-18(17)20/h4-5,7,9,11-13,20H,6,8,10,14H2,1-3H3,(H,22,24)/t20-/m0/s1. The van der Waals surface area contributed by atoms with Gasteiger partial charge in [-0.25, -0.2) is 0 Å². The summed E-state index contributed by atoms with van der Waals surface area (Å²) in [5.41, 5.74) is 5.98. The number of likely N-dealkylation sites (N-methyl/N-ethyl adjacent to an activating group) is 1. The smallest absolute Gasteiger partial charge is 0.238 e. The summed E-state index contributed by atoms with van der Waals surface area (Å²) >= 11 is 0. The van der Waals surface area contributed by atoms with E-state index >= 15 is 0 Å². The number of hydrogen-bond donors (Lipinski definition) is 1. The molecule has 0 aromatic heterocycles. The first kappa shape index (κ1) is 16.7. The average molecular weight is 322 g/mol. The van der Waals surface area contributed by atoms with Crippen molar-refractivity contribution in [2.75, 3.05) is 18.9 Å². The van der Waals surface area contributed by atoms with E-state index in [0.717, 1.165) is 29.7 Å². The molecule has 24 heavy (non-hydrogen) atoms. The predicted octanol–water partition coefficient (Wildman–Crippen LogP) is 4.25. The molecule has 0 bridgehead atoms. The zero-order valence-corrected chi connectivity index (χ0v) is 14.8. The van der Waals surface area contributed by atoms with Gasteiger partial charge in [0.15, 0.2) is 0 Å². The van der Waals surface area contributed by atoms with E-state index in [9.17, 15) is 4.79 Å². The first-order chi connectivity index (χ1) is 11.5. The molecule has 0 spiro atoms. The Morgan fingerprint density at radius 3 is 2.83 bits per heavy atom. The van der Waals surface area contributed by atoms with Crippen LogP contribution >= 0.6 is 0 Å². The molecule has 2 aromatic carbocycles. The van der Waals surface area contributed by atoms with Crippen molar-refractivity contribution in [3.8, 4) is 0 Å². The number of carbonyl (C=O) groups is 1. The lowest BCUT2D eigenvalue weighted by Gasteiger charge is -2.33. The second-order valence-corrected chi connectivity index (χ2v) is 6.89. The summed E-state index contributed by atoms with van der Waals surface area (Å²) in [5, 5.41) is 3.06. The van der Waals surface area contributed by atoms with Gasteiger partial charge in [0.2, 0.25) is 5.91 Å². The highest BCUT2D eigenvalue weighted by atomic mass is 16.2. The van der Waals surface area contributed by atoms with Gasteiger partial charge in [-0.1, -0.05) is 36.4 Å². The molecule has 0 saturated heterocycles. The maximum atomic E-state index is 12.5. The van der Waals surface area contributed by atoms with Crippen LogP contribution in [0.3, 0.4) is 0 Å². The van der Waals surface area contributed by atoms with Crippen LogP contribution in [-0.2, 0) is 11.2 Å². The van der Waals surface area contributed by atoms with Crippen LogP contribution in [0.25, 0.3) is 0 Å². The quantitative estimate of drug-likeness (QED) is 0.912. The van der Waals surface area contributed by atoms with Gasteiger partial charge in [-0.3, -0.25) is 9.69 Å². The Morgan fingerprint density at radius 2 is 2.00 bits per heavy atom. The molecular formula is C21H26N2O. The summed E-state index contributed by atoms with van der Waals surface area (Å²) in [6, 6.07) is 15.1. The number of hydrogen-bond acceptors (Lipinski definition) is 2. The number of amides is 1. The van der Waals surface area contributed by atoms with Crippen LogP contribution in [0.2, 0.25) is 0 Å². The summed E-state index contributed by atoms with van der Waals surface area (Å²) in [6.07, 6.45) is 3.45. The van der Waals surface area contributed by atoms with Crippen molar-refractivity contribution in [1.82, 2.24) is 4.90 Å². The summed E-state index contributed by atoms with van der Waals surface area (Å²) < 4.78 is 0. The van der Waals surface area contributed by atoms with E-state index in [2.05, 4.69) is 47.6 Å². The minimum Gasteiger partial charge on any atom is -0.325 e. The van der Waals surface area contributed by atoms with Crippen molar-refractivity contribution in [2.24, 2.45) is 0 Å². The SMILES string of the molecule is Cc1ccc(C)c(NC(=O)CN(C)[C@H]2CCCc3ccccc32)c1. The van der Waals surface area contributed by atoms with Gasteiger partial charge in [0.25, 0.3) is 0 Å². The van der Waals surface area contributed by atoms with Crippen LogP contribution in [0, 0.1) is 13.8 Å². The molecule has 1 N–H and O–H groups in total. The third kappa shape index (κ3) is 3.68. The lowest BCUT2D eigenvalue weighted by Crippen LogP contribution is -2.35. The van der Waals surface area contributed by atoms with Crippen LogP contribution in [0.1, 0.15) is 41.1 Å². The van der Waals surface area contributed by atoms with Crippen LogP contribution in [0.4, 0.5) is 5.69 Å². The van der Waals surface area contributed by atoms with Gasteiger partial charge in [-0.2, -0.15) is 0 Å². The monoisotopic (exact) mass is 322 g/mol. The zero-order chi connectivity index (χ0) is 17.1. The number of rotatable bonds is 4. The van der Waals surface area contributed by atoms with Gasteiger partial charge < -0.3 is 5.32 Å². The number of carbonyl (C=O) groups excluding carboxylic acids is 1. The van der Waals surface area contributed by atoms with Crippen molar-refractivity contribution in [3.05, 3.63) is 64.7 Å². The number of benzene rings is 2. The summed E-state index contributed by atoms with van der Waals surface area (Å²) in [5.74, 6) is 0.0502. The Labute approximate surface area is 144 Å². The first-order valence-electron chi connectivity index (χ1n) is 8.70. The summed E-state index contributed by atoms with van der Waals surface area (Å²) in [7, 11) is 2.05. The summed E-state index contributed by atoms with van der Waals surface area (Å²) in [6.45, 7) is 4.47. The molecule has 0 heterocycles. The molecule has 1 aliphatic rings. The topological polar surface area (TPSA) is 32.3 Å². The van der Waals surface area contributed by atoms with Gasteiger partial charge in [-0.15, -0.1) is 0 Å². The minimum absolute atomic E-state index is 0.0502. The molecule has 3 heteroatoms. The third-order valence-electron chi connectivity index (χ3n) is 4.93. The molecule has 1 amide bonds. The number of anilines is 1. The average Bonchev–Trinajstić information content (AvgIpc) is 2.57. The highest BCUT2D eigenvalue weighted by Crippen LogP contribution is 2.33.